The fraction of sp³-hybridized carbons (Fsp3) is 0.429. The third-order valence-corrected chi connectivity index (χ3v) is 2.73. The van der Waals surface area contributed by atoms with Gasteiger partial charge in [-0.15, -0.1) is 10.2 Å². The summed E-state index contributed by atoms with van der Waals surface area (Å²) >= 11 is 0. The van der Waals surface area contributed by atoms with Crippen LogP contribution < -0.4 is 4.74 Å². The van der Waals surface area contributed by atoms with E-state index in [1.807, 2.05) is 24.3 Å². The Morgan fingerprint density at radius 1 is 1.17 bits per heavy atom. The lowest BCUT2D eigenvalue weighted by molar-refractivity contribution is 0.305. The first-order valence-electron chi connectivity index (χ1n) is 6.40. The van der Waals surface area contributed by atoms with Crippen LogP contribution in [0.2, 0.25) is 0 Å². The average Bonchev–Trinajstić information content (AvgIpc) is 2.93. The molecule has 4 nitrogen and oxygen atoms in total. The standard InChI is InChI=1S/C14H18N2O2/c1-2-3-4-7-10-17-13-9-6-5-8-12(13)14-16-15-11-18-14/h5-6,8-9,11H,2-4,7,10H2,1H3. The van der Waals surface area contributed by atoms with Crippen molar-refractivity contribution in [1.82, 2.24) is 10.2 Å². The average molecular weight is 246 g/mol. The molecule has 96 valence electrons. The van der Waals surface area contributed by atoms with E-state index >= 15 is 0 Å². The third-order valence-electron chi connectivity index (χ3n) is 2.73. The van der Waals surface area contributed by atoms with Crippen molar-refractivity contribution in [3.63, 3.8) is 0 Å². The molecule has 1 aromatic carbocycles. The molecule has 1 heterocycles. The van der Waals surface area contributed by atoms with Crippen molar-refractivity contribution in [3.05, 3.63) is 30.7 Å². The van der Waals surface area contributed by atoms with Gasteiger partial charge < -0.3 is 9.15 Å². The minimum absolute atomic E-state index is 0.499. The number of hydrogen-bond acceptors (Lipinski definition) is 4. The molecule has 4 heteroatoms. The van der Waals surface area contributed by atoms with Crippen molar-refractivity contribution in [2.45, 2.75) is 32.6 Å². The Labute approximate surface area is 107 Å². The highest BCUT2D eigenvalue weighted by molar-refractivity contribution is 5.61. The first-order chi connectivity index (χ1) is 8.92. The second-order valence-corrected chi connectivity index (χ2v) is 4.15. The number of benzene rings is 1. The molecule has 0 saturated heterocycles. The Morgan fingerprint density at radius 3 is 2.83 bits per heavy atom. The molecule has 0 unspecified atom stereocenters. The van der Waals surface area contributed by atoms with Crippen LogP contribution in [-0.4, -0.2) is 16.8 Å². The molecule has 0 aliphatic carbocycles. The number of unbranched alkanes of at least 4 members (excludes halogenated alkanes) is 3. The van der Waals surface area contributed by atoms with Gasteiger partial charge in [0, 0.05) is 0 Å². The molecule has 0 bridgehead atoms. The highest BCUT2D eigenvalue weighted by Crippen LogP contribution is 2.28. The SMILES string of the molecule is CCCCCCOc1ccccc1-c1nnco1. The normalized spacial score (nSPS) is 10.5. The van der Waals surface area contributed by atoms with E-state index in [4.69, 9.17) is 9.15 Å². The lowest BCUT2D eigenvalue weighted by Crippen LogP contribution is -1.98. The molecule has 1 aromatic heterocycles. The predicted molar refractivity (Wildman–Crippen MR) is 69.4 cm³/mol. The lowest BCUT2D eigenvalue weighted by Gasteiger charge is -2.08. The van der Waals surface area contributed by atoms with E-state index in [2.05, 4.69) is 17.1 Å². The van der Waals surface area contributed by atoms with Gasteiger partial charge in [0.1, 0.15) is 5.75 Å². The summed E-state index contributed by atoms with van der Waals surface area (Å²) in [5, 5.41) is 7.60. The number of rotatable bonds is 7. The molecule has 18 heavy (non-hydrogen) atoms. The number of nitrogens with zero attached hydrogens (tertiary/aromatic N) is 2. The predicted octanol–water partition coefficient (Wildman–Crippen LogP) is 3.70. The fourth-order valence-corrected chi connectivity index (χ4v) is 1.77. The van der Waals surface area contributed by atoms with E-state index in [1.165, 1.54) is 25.7 Å². The molecule has 0 spiro atoms. The third kappa shape index (κ3) is 3.32. The summed E-state index contributed by atoms with van der Waals surface area (Å²) in [5.41, 5.74) is 0.852. The summed E-state index contributed by atoms with van der Waals surface area (Å²) in [6.07, 6.45) is 6.10. The molecule has 0 atom stereocenters. The minimum Gasteiger partial charge on any atom is -0.493 e. The van der Waals surface area contributed by atoms with Crippen LogP contribution in [0, 0.1) is 0 Å². The zero-order valence-electron chi connectivity index (χ0n) is 10.6. The maximum atomic E-state index is 5.78. The van der Waals surface area contributed by atoms with Gasteiger partial charge in [0.05, 0.1) is 12.2 Å². The number of para-hydroxylation sites is 1. The fourth-order valence-electron chi connectivity index (χ4n) is 1.77. The van der Waals surface area contributed by atoms with Crippen LogP contribution in [0.15, 0.2) is 35.1 Å². The smallest absolute Gasteiger partial charge is 0.251 e. The Balaban J connectivity index is 1.96. The largest absolute Gasteiger partial charge is 0.493 e. The van der Waals surface area contributed by atoms with Crippen LogP contribution in [-0.2, 0) is 0 Å². The Bertz CT molecular complexity index is 455. The topological polar surface area (TPSA) is 48.2 Å². The van der Waals surface area contributed by atoms with Crippen LogP contribution in [0.4, 0.5) is 0 Å². The van der Waals surface area contributed by atoms with Gasteiger partial charge in [-0.3, -0.25) is 0 Å². The number of hydrogen-bond donors (Lipinski definition) is 0. The molecular weight excluding hydrogens is 228 g/mol. The van der Waals surface area contributed by atoms with Crippen molar-refractivity contribution in [2.75, 3.05) is 6.61 Å². The lowest BCUT2D eigenvalue weighted by atomic mass is 10.2. The Morgan fingerprint density at radius 2 is 2.06 bits per heavy atom. The van der Waals surface area contributed by atoms with Crippen LogP contribution in [0.25, 0.3) is 11.5 Å². The Hall–Kier alpha value is -1.84. The van der Waals surface area contributed by atoms with E-state index in [0.717, 1.165) is 24.3 Å². The summed E-state index contributed by atoms with van der Waals surface area (Å²) in [6, 6.07) is 7.74. The van der Waals surface area contributed by atoms with Crippen molar-refractivity contribution in [2.24, 2.45) is 0 Å². The maximum Gasteiger partial charge on any atom is 0.251 e. The number of aromatic nitrogens is 2. The van der Waals surface area contributed by atoms with Gasteiger partial charge in [0.2, 0.25) is 6.39 Å². The zero-order valence-corrected chi connectivity index (χ0v) is 10.6. The van der Waals surface area contributed by atoms with Gasteiger partial charge >= 0.3 is 0 Å². The van der Waals surface area contributed by atoms with E-state index < -0.39 is 0 Å². The first-order valence-corrected chi connectivity index (χ1v) is 6.40. The molecule has 0 aliphatic rings. The molecule has 0 fully saturated rings. The highest BCUT2D eigenvalue weighted by Gasteiger charge is 2.09. The van der Waals surface area contributed by atoms with Gasteiger partial charge in [-0.1, -0.05) is 38.3 Å². The van der Waals surface area contributed by atoms with Crippen molar-refractivity contribution in [3.8, 4) is 17.2 Å². The summed E-state index contributed by atoms with van der Waals surface area (Å²) in [7, 11) is 0. The van der Waals surface area contributed by atoms with Crippen molar-refractivity contribution >= 4 is 0 Å². The van der Waals surface area contributed by atoms with Crippen LogP contribution in [0.1, 0.15) is 32.6 Å². The second-order valence-electron chi connectivity index (χ2n) is 4.15. The van der Waals surface area contributed by atoms with Crippen LogP contribution in [0.3, 0.4) is 0 Å². The van der Waals surface area contributed by atoms with Gasteiger partial charge in [-0.05, 0) is 18.6 Å². The molecule has 0 N–H and O–H groups in total. The van der Waals surface area contributed by atoms with Crippen LogP contribution in [0.5, 0.6) is 5.75 Å². The highest BCUT2D eigenvalue weighted by atomic mass is 16.5. The van der Waals surface area contributed by atoms with Gasteiger partial charge in [-0.2, -0.15) is 0 Å². The maximum absolute atomic E-state index is 5.78. The van der Waals surface area contributed by atoms with Gasteiger partial charge in [0.25, 0.3) is 5.89 Å². The molecule has 0 aliphatic heterocycles. The monoisotopic (exact) mass is 246 g/mol. The summed E-state index contributed by atoms with van der Waals surface area (Å²) in [4.78, 5) is 0. The molecule has 0 amide bonds. The quantitative estimate of drug-likeness (QED) is 0.699. The van der Waals surface area contributed by atoms with E-state index in [-0.39, 0.29) is 0 Å². The van der Waals surface area contributed by atoms with Crippen LogP contribution >= 0.6 is 0 Å². The molecule has 2 aromatic rings. The molecule has 2 rings (SSSR count). The Kier molecular flexibility index (Phi) is 4.76. The van der Waals surface area contributed by atoms with E-state index in [9.17, 15) is 0 Å². The van der Waals surface area contributed by atoms with E-state index in [1.54, 1.807) is 0 Å². The first kappa shape index (κ1) is 12.6. The minimum atomic E-state index is 0.499. The van der Waals surface area contributed by atoms with Crippen molar-refractivity contribution in [1.29, 1.82) is 0 Å². The molecule has 0 saturated carbocycles. The summed E-state index contributed by atoms with van der Waals surface area (Å²) in [6.45, 7) is 2.93. The van der Waals surface area contributed by atoms with Gasteiger partial charge in [0.15, 0.2) is 0 Å². The summed E-state index contributed by atoms with van der Waals surface area (Å²) < 4.78 is 11.0. The van der Waals surface area contributed by atoms with Gasteiger partial charge in [-0.25, -0.2) is 0 Å². The molecular formula is C14H18N2O2. The second kappa shape index (κ2) is 6.79. The van der Waals surface area contributed by atoms with Crippen molar-refractivity contribution < 1.29 is 9.15 Å². The number of ether oxygens (including phenoxy) is 1. The zero-order chi connectivity index (χ0) is 12.6. The molecule has 0 radical (unpaired) electrons. The van der Waals surface area contributed by atoms with E-state index in [0.29, 0.717) is 5.89 Å². The summed E-state index contributed by atoms with van der Waals surface area (Å²) in [5.74, 6) is 1.30.